The molecule has 0 amide bonds. The largest absolute Gasteiger partial charge is 0.452 e. The first-order chi connectivity index (χ1) is 10.2. The van der Waals surface area contributed by atoms with Crippen LogP contribution in [0.15, 0.2) is 53.5 Å². The Balaban J connectivity index is 1.88. The number of aryl methyl sites for hydroxylation is 1. The predicted octanol–water partition coefficient (Wildman–Crippen LogP) is 3.01. The van der Waals surface area contributed by atoms with Crippen LogP contribution < -0.4 is 0 Å². The van der Waals surface area contributed by atoms with Crippen LogP contribution in [-0.2, 0) is 0 Å². The van der Waals surface area contributed by atoms with Crippen LogP contribution in [0.25, 0.3) is 16.5 Å². The summed E-state index contributed by atoms with van der Waals surface area (Å²) in [6, 6.07) is 7.60. The summed E-state index contributed by atoms with van der Waals surface area (Å²) in [7, 11) is 0. The maximum absolute atomic E-state index is 12.6. The molecule has 3 aromatic heterocycles. The molecule has 0 unspecified atom stereocenters. The maximum atomic E-state index is 12.6. The molecule has 5 heteroatoms. The Bertz CT molecular complexity index is 981. The molecule has 0 radical (unpaired) electrons. The van der Waals surface area contributed by atoms with E-state index in [1.165, 1.54) is 0 Å². The van der Waals surface area contributed by atoms with Gasteiger partial charge in [-0.3, -0.25) is 9.78 Å². The van der Waals surface area contributed by atoms with Crippen molar-refractivity contribution >= 4 is 22.3 Å². The zero-order chi connectivity index (χ0) is 14.4. The molecule has 102 valence electrons. The van der Waals surface area contributed by atoms with Gasteiger partial charge >= 0.3 is 0 Å². The van der Waals surface area contributed by atoms with Gasteiger partial charge in [0, 0.05) is 17.8 Å². The van der Waals surface area contributed by atoms with Gasteiger partial charge in [0.15, 0.2) is 5.76 Å². The molecule has 0 bridgehead atoms. The van der Waals surface area contributed by atoms with Crippen molar-refractivity contribution in [1.82, 2.24) is 14.6 Å². The minimum Gasteiger partial charge on any atom is -0.452 e. The van der Waals surface area contributed by atoms with Crippen LogP contribution in [-0.4, -0.2) is 20.4 Å². The van der Waals surface area contributed by atoms with E-state index in [9.17, 15) is 4.79 Å². The molecule has 4 rings (SSSR count). The van der Waals surface area contributed by atoms with E-state index in [4.69, 9.17) is 4.42 Å². The summed E-state index contributed by atoms with van der Waals surface area (Å²) in [4.78, 5) is 16.7. The highest BCUT2D eigenvalue weighted by molar-refractivity contribution is 6.12. The highest BCUT2D eigenvalue weighted by Crippen LogP contribution is 2.25. The second-order valence-electron chi connectivity index (χ2n) is 4.90. The van der Waals surface area contributed by atoms with E-state index in [-0.39, 0.29) is 5.78 Å². The lowest BCUT2D eigenvalue weighted by Gasteiger charge is -1.95. The summed E-state index contributed by atoms with van der Waals surface area (Å²) < 4.78 is 7.35. The SMILES string of the molecule is Cc1cccc2cc(C(=O)c3cnn4ccncc34)oc12. The van der Waals surface area contributed by atoms with E-state index in [2.05, 4.69) is 10.1 Å². The summed E-state index contributed by atoms with van der Waals surface area (Å²) in [5.41, 5.74) is 2.91. The number of fused-ring (bicyclic) bond motifs is 2. The molecule has 4 aromatic rings. The molecule has 0 saturated heterocycles. The predicted molar refractivity (Wildman–Crippen MR) is 77.4 cm³/mol. The first kappa shape index (κ1) is 11.8. The van der Waals surface area contributed by atoms with E-state index < -0.39 is 0 Å². The Morgan fingerprint density at radius 1 is 1.29 bits per heavy atom. The lowest BCUT2D eigenvalue weighted by molar-refractivity contribution is 0.101. The highest BCUT2D eigenvalue weighted by Gasteiger charge is 2.19. The van der Waals surface area contributed by atoms with Crippen molar-refractivity contribution in [3.8, 4) is 0 Å². The zero-order valence-corrected chi connectivity index (χ0v) is 11.3. The molecule has 0 aliphatic carbocycles. The summed E-state index contributed by atoms with van der Waals surface area (Å²) in [6.45, 7) is 1.96. The van der Waals surface area contributed by atoms with Crippen LogP contribution in [0.5, 0.6) is 0 Å². The van der Waals surface area contributed by atoms with Gasteiger partial charge in [0.05, 0.1) is 23.5 Å². The molecule has 0 spiro atoms. The molecular formula is C16H11N3O2. The van der Waals surface area contributed by atoms with E-state index in [0.717, 1.165) is 16.5 Å². The fourth-order valence-corrected chi connectivity index (χ4v) is 2.46. The molecule has 0 atom stereocenters. The van der Waals surface area contributed by atoms with Crippen molar-refractivity contribution in [2.24, 2.45) is 0 Å². The Hall–Kier alpha value is -2.95. The number of furan rings is 1. The summed E-state index contributed by atoms with van der Waals surface area (Å²) in [5, 5.41) is 5.07. The molecule has 3 heterocycles. The number of carbonyl (C=O) groups excluding carboxylic acids is 1. The summed E-state index contributed by atoms with van der Waals surface area (Å²) in [6.07, 6.45) is 6.49. The van der Waals surface area contributed by atoms with Crippen LogP contribution in [0.3, 0.4) is 0 Å². The van der Waals surface area contributed by atoms with Crippen LogP contribution in [0, 0.1) is 6.92 Å². The fraction of sp³-hybridized carbons (Fsp3) is 0.0625. The number of ketones is 1. The maximum Gasteiger partial charge on any atom is 0.232 e. The normalized spacial score (nSPS) is 11.3. The third-order valence-corrected chi connectivity index (χ3v) is 3.53. The van der Waals surface area contributed by atoms with Gasteiger partial charge in [0.2, 0.25) is 5.78 Å². The van der Waals surface area contributed by atoms with Crippen molar-refractivity contribution in [2.45, 2.75) is 6.92 Å². The van der Waals surface area contributed by atoms with Crippen molar-refractivity contribution < 1.29 is 9.21 Å². The van der Waals surface area contributed by atoms with Gasteiger partial charge in [0.1, 0.15) is 5.58 Å². The van der Waals surface area contributed by atoms with Gasteiger partial charge in [0.25, 0.3) is 0 Å². The minimum absolute atomic E-state index is 0.186. The number of hydrogen-bond donors (Lipinski definition) is 0. The van der Waals surface area contributed by atoms with Gasteiger partial charge in [-0.15, -0.1) is 0 Å². The summed E-state index contributed by atoms with van der Waals surface area (Å²) in [5.74, 6) is 0.131. The second-order valence-corrected chi connectivity index (χ2v) is 4.90. The van der Waals surface area contributed by atoms with E-state index in [1.807, 2.05) is 25.1 Å². The standard InChI is InChI=1S/C16H11N3O2/c1-10-3-2-4-11-7-14(21-16(10)11)15(20)12-8-18-19-6-5-17-9-13(12)19/h2-9H,1H3. The molecule has 0 aliphatic rings. The first-order valence-corrected chi connectivity index (χ1v) is 6.55. The zero-order valence-electron chi connectivity index (χ0n) is 11.3. The Morgan fingerprint density at radius 2 is 2.19 bits per heavy atom. The second kappa shape index (κ2) is 4.28. The summed E-state index contributed by atoms with van der Waals surface area (Å²) >= 11 is 0. The van der Waals surface area contributed by atoms with E-state index >= 15 is 0 Å². The fourth-order valence-electron chi connectivity index (χ4n) is 2.46. The number of aromatic nitrogens is 3. The van der Waals surface area contributed by atoms with Gasteiger partial charge in [-0.1, -0.05) is 18.2 Å². The number of hydrogen-bond acceptors (Lipinski definition) is 4. The lowest BCUT2D eigenvalue weighted by Crippen LogP contribution is -1.99. The Morgan fingerprint density at radius 3 is 3.05 bits per heavy atom. The number of benzene rings is 1. The number of para-hydroxylation sites is 1. The van der Waals surface area contributed by atoms with Gasteiger partial charge in [-0.25, -0.2) is 4.52 Å². The average molecular weight is 277 g/mol. The Kier molecular flexibility index (Phi) is 2.41. The van der Waals surface area contributed by atoms with Crippen molar-refractivity contribution in [3.63, 3.8) is 0 Å². The van der Waals surface area contributed by atoms with Crippen molar-refractivity contribution in [3.05, 3.63) is 65.9 Å². The molecular weight excluding hydrogens is 266 g/mol. The smallest absolute Gasteiger partial charge is 0.232 e. The molecule has 21 heavy (non-hydrogen) atoms. The van der Waals surface area contributed by atoms with Gasteiger partial charge < -0.3 is 4.42 Å². The molecule has 5 nitrogen and oxygen atoms in total. The monoisotopic (exact) mass is 277 g/mol. The van der Waals surface area contributed by atoms with Crippen molar-refractivity contribution in [1.29, 1.82) is 0 Å². The molecule has 0 N–H and O–H groups in total. The topological polar surface area (TPSA) is 60.4 Å². The van der Waals surface area contributed by atoms with Gasteiger partial charge in [-0.05, 0) is 18.6 Å². The molecule has 0 fully saturated rings. The number of nitrogens with zero attached hydrogens (tertiary/aromatic N) is 3. The van der Waals surface area contributed by atoms with Crippen molar-refractivity contribution in [2.75, 3.05) is 0 Å². The molecule has 0 aliphatic heterocycles. The third-order valence-electron chi connectivity index (χ3n) is 3.53. The van der Waals surface area contributed by atoms with Crippen LogP contribution in [0.1, 0.15) is 21.7 Å². The third kappa shape index (κ3) is 1.74. The first-order valence-electron chi connectivity index (χ1n) is 6.55. The van der Waals surface area contributed by atoms with E-state index in [1.54, 1.807) is 35.4 Å². The Labute approximate surface area is 119 Å². The number of rotatable bonds is 2. The molecule has 1 aromatic carbocycles. The highest BCUT2D eigenvalue weighted by atomic mass is 16.3. The number of carbonyl (C=O) groups is 1. The van der Waals surface area contributed by atoms with Crippen LogP contribution in [0.4, 0.5) is 0 Å². The average Bonchev–Trinajstić information content (AvgIpc) is 3.11. The minimum atomic E-state index is -0.186. The molecule has 0 saturated carbocycles. The van der Waals surface area contributed by atoms with Crippen LogP contribution >= 0.6 is 0 Å². The quantitative estimate of drug-likeness (QED) is 0.528. The van der Waals surface area contributed by atoms with Crippen LogP contribution in [0.2, 0.25) is 0 Å². The lowest BCUT2D eigenvalue weighted by atomic mass is 10.1. The van der Waals surface area contributed by atoms with Gasteiger partial charge in [-0.2, -0.15) is 5.10 Å². The van der Waals surface area contributed by atoms with E-state index in [0.29, 0.717) is 16.8 Å².